The average Bonchev–Trinajstić information content (AvgIpc) is 2.93. The van der Waals surface area contributed by atoms with Crippen LogP contribution < -0.4 is 4.74 Å². The molecule has 1 heterocycles. The highest BCUT2D eigenvalue weighted by Crippen LogP contribution is 2.28. The zero-order chi connectivity index (χ0) is 13.5. The van der Waals surface area contributed by atoms with Crippen molar-refractivity contribution in [1.29, 1.82) is 0 Å². The summed E-state index contributed by atoms with van der Waals surface area (Å²) in [7, 11) is 0. The summed E-state index contributed by atoms with van der Waals surface area (Å²) in [4.78, 5) is 1.32. The Balaban J connectivity index is 1.90. The van der Waals surface area contributed by atoms with Gasteiger partial charge in [-0.3, -0.25) is 0 Å². The summed E-state index contributed by atoms with van der Waals surface area (Å²) in [5.41, 5.74) is 1.15. The number of rotatable bonds is 7. The van der Waals surface area contributed by atoms with E-state index in [1.165, 1.54) is 4.88 Å². The molecule has 0 saturated heterocycles. The van der Waals surface area contributed by atoms with E-state index in [0.29, 0.717) is 0 Å². The lowest BCUT2D eigenvalue weighted by molar-refractivity contribution is 0.309. The normalized spacial score (nSPS) is 12.3. The van der Waals surface area contributed by atoms with E-state index in [1.54, 1.807) is 11.3 Å². The van der Waals surface area contributed by atoms with Gasteiger partial charge in [-0.15, -0.1) is 22.9 Å². The molecule has 2 rings (SSSR count). The first-order chi connectivity index (χ1) is 9.29. The van der Waals surface area contributed by atoms with Gasteiger partial charge in [0.1, 0.15) is 5.75 Å². The van der Waals surface area contributed by atoms with Crippen molar-refractivity contribution >= 4 is 22.9 Å². The first kappa shape index (κ1) is 14.4. The van der Waals surface area contributed by atoms with Crippen LogP contribution in [0.5, 0.6) is 5.75 Å². The third-order valence-corrected chi connectivity index (χ3v) is 4.27. The average molecular weight is 295 g/mol. The van der Waals surface area contributed by atoms with Gasteiger partial charge >= 0.3 is 0 Å². The van der Waals surface area contributed by atoms with Gasteiger partial charge in [0.25, 0.3) is 0 Å². The molecule has 2 aromatic rings. The van der Waals surface area contributed by atoms with Crippen molar-refractivity contribution in [2.24, 2.45) is 0 Å². The molecule has 1 atom stereocenters. The van der Waals surface area contributed by atoms with Gasteiger partial charge in [0.05, 0.1) is 12.0 Å². The second kappa shape index (κ2) is 7.56. The molecule has 3 heteroatoms. The monoisotopic (exact) mass is 294 g/mol. The van der Waals surface area contributed by atoms with E-state index >= 15 is 0 Å². The summed E-state index contributed by atoms with van der Waals surface area (Å²) in [5.74, 6) is 0.928. The Hall–Kier alpha value is -0.990. The van der Waals surface area contributed by atoms with Crippen molar-refractivity contribution in [2.75, 3.05) is 6.61 Å². The van der Waals surface area contributed by atoms with Gasteiger partial charge in [0.2, 0.25) is 0 Å². The smallest absolute Gasteiger partial charge is 0.119 e. The lowest BCUT2D eigenvalue weighted by Crippen LogP contribution is -1.98. The predicted octanol–water partition coefficient (Wildman–Crippen LogP) is 5.45. The summed E-state index contributed by atoms with van der Waals surface area (Å²) in [6, 6.07) is 12.3. The molecule has 1 nitrogen and oxygen atoms in total. The number of hydrogen-bond donors (Lipinski definition) is 0. The zero-order valence-electron chi connectivity index (χ0n) is 11.1. The summed E-state index contributed by atoms with van der Waals surface area (Å²) < 4.78 is 5.65. The number of ether oxygens (including phenoxy) is 1. The lowest BCUT2D eigenvalue weighted by atomic mass is 10.1. The molecule has 0 radical (unpaired) electrons. The molecule has 0 aliphatic heterocycles. The first-order valence-corrected chi connectivity index (χ1v) is 8.00. The van der Waals surface area contributed by atoms with E-state index in [2.05, 4.69) is 36.6 Å². The first-order valence-electron chi connectivity index (χ1n) is 6.69. The quantitative estimate of drug-likeness (QED) is 0.487. The lowest BCUT2D eigenvalue weighted by Gasteiger charge is -2.10. The number of hydrogen-bond acceptors (Lipinski definition) is 2. The Morgan fingerprint density at radius 1 is 1.21 bits per heavy atom. The van der Waals surface area contributed by atoms with E-state index in [9.17, 15) is 0 Å². The van der Waals surface area contributed by atoms with Gasteiger partial charge in [0.15, 0.2) is 0 Å². The molecular weight excluding hydrogens is 276 g/mol. The topological polar surface area (TPSA) is 9.23 Å². The number of halogens is 1. The molecule has 102 valence electrons. The second-order valence-corrected chi connectivity index (χ2v) is 6.08. The summed E-state index contributed by atoms with van der Waals surface area (Å²) in [6.07, 6.45) is 3.14. The molecule has 0 fully saturated rings. The molecule has 0 saturated carbocycles. The molecule has 19 heavy (non-hydrogen) atoms. The molecule has 1 unspecified atom stereocenters. The maximum absolute atomic E-state index is 6.44. The van der Waals surface area contributed by atoms with Crippen LogP contribution in [0, 0.1) is 0 Å². The molecule has 0 aliphatic carbocycles. The fraction of sp³-hybridized carbons (Fsp3) is 0.375. The highest BCUT2D eigenvalue weighted by Gasteiger charge is 2.09. The van der Waals surface area contributed by atoms with E-state index in [1.807, 2.05) is 12.1 Å². The van der Waals surface area contributed by atoms with Gasteiger partial charge in [-0.1, -0.05) is 31.5 Å². The van der Waals surface area contributed by atoms with Crippen LogP contribution in [-0.2, 0) is 6.42 Å². The van der Waals surface area contributed by atoms with Crippen LogP contribution in [0.4, 0.5) is 0 Å². The van der Waals surface area contributed by atoms with Crippen molar-refractivity contribution in [1.82, 2.24) is 0 Å². The van der Waals surface area contributed by atoms with Gasteiger partial charge in [0, 0.05) is 11.3 Å². The van der Waals surface area contributed by atoms with Crippen molar-refractivity contribution < 1.29 is 4.74 Å². The molecule has 0 spiro atoms. The summed E-state index contributed by atoms with van der Waals surface area (Å²) in [6.45, 7) is 2.95. The molecule has 0 N–H and O–H groups in total. The van der Waals surface area contributed by atoms with Crippen LogP contribution in [0.2, 0.25) is 0 Å². The largest absolute Gasteiger partial charge is 0.494 e. The minimum Gasteiger partial charge on any atom is -0.494 e. The Kier molecular flexibility index (Phi) is 5.74. The van der Waals surface area contributed by atoms with Crippen LogP contribution in [-0.4, -0.2) is 6.61 Å². The van der Waals surface area contributed by atoms with Gasteiger partial charge in [-0.2, -0.15) is 0 Å². The maximum Gasteiger partial charge on any atom is 0.119 e. The fourth-order valence-electron chi connectivity index (χ4n) is 1.83. The van der Waals surface area contributed by atoms with E-state index in [-0.39, 0.29) is 5.38 Å². The van der Waals surface area contributed by atoms with Crippen molar-refractivity contribution in [3.63, 3.8) is 0 Å². The highest BCUT2D eigenvalue weighted by atomic mass is 35.5. The number of alkyl halides is 1. The molecule has 0 amide bonds. The Bertz CT molecular complexity index is 464. The predicted molar refractivity (Wildman–Crippen MR) is 83.5 cm³/mol. The molecule has 1 aromatic carbocycles. The highest BCUT2D eigenvalue weighted by molar-refractivity contribution is 7.09. The van der Waals surface area contributed by atoms with Crippen LogP contribution in [0.1, 0.15) is 35.6 Å². The fourth-order valence-corrected chi connectivity index (χ4v) is 2.99. The van der Waals surface area contributed by atoms with Crippen molar-refractivity contribution in [3.05, 3.63) is 52.2 Å². The van der Waals surface area contributed by atoms with Crippen LogP contribution in [0.15, 0.2) is 41.8 Å². The number of thiophene rings is 1. The van der Waals surface area contributed by atoms with Gasteiger partial charge < -0.3 is 4.74 Å². The molecule has 0 bridgehead atoms. The molecule has 1 aromatic heterocycles. The maximum atomic E-state index is 6.44. The Morgan fingerprint density at radius 3 is 2.63 bits per heavy atom. The van der Waals surface area contributed by atoms with Crippen LogP contribution in [0.3, 0.4) is 0 Å². The minimum absolute atomic E-state index is 0.0309. The van der Waals surface area contributed by atoms with Crippen molar-refractivity contribution in [2.45, 2.75) is 31.6 Å². The van der Waals surface area contributed by atoms with Gasteiger partial charge in [-0.25, -0.2) is 0 Å². The summed E-state index contributed by atoms with van der Waals surface area (Å²) in [5, 5.41) is 2.12. The number of unbranched alkanes of at least 4 members (excludes halogenated alkanes) is 1. The Labute approximate surface area is 124 Å². The molecular formula is C16H19ClOS. The van der Waals surface area contributed by atoms with Crippen LogP contribution >= 0.6 is 22.9 Å². The Morgan fingerprint density at radius 2 is 2.00 bits per heavy atom. The number of benzene rings is 1. The van der Waals surface area contributed by atoms with Crippen LogP contribution in [0.25, 0.3) is 0 Å². The molecule has 0 aliphatic rings. The summed E-state index contributed by atoms with van der Waals surface area (Å²) >= 11 is 8.20. The zero-order valence-corrected chi connectivity index (χ0v) is 12.7. The van der Waals surface area contributed by atoms with Crippen molar-refractivity contribution in [3.8, 4) is 5.75 Å². The third kappa shape index (κ3) is 4.55. The van der Waals surface area contributed by atoms with E-state index < -0.39 is 0 Å². The van der Waals surface area contributed by atoms with E-state index in [0.717, 1.165) is 37.2 Å². The standard InChI is InChI=1S/C16H19ClOS/c1-2-3-10-18-14-8-6-13(7-9-14)16(17)12-15-5-4-11-19-15/h4-9,11,16H,2-3,10,12H2,1H3. The third-order valence-electron chi connectivity index (χ3n) is 2.97. The van der Waals surface area contributed by atoms with E-state index in [4.69, 9.17) is 16.3 Å². The second-order valence-electron chi connectivity index (χ2n) is 4.52. The SMILES string of the molecule is CCCCOc1ccc(C(Cl)Cc2cccs2)cc1. The minimum atomic E-state index is 0.0309. The van der Waals surface area contributed by atoms with Gasteiger partial charge in [-0.05, 0) is 35.6 Å².